The van der Waals surface area contributed by atoms with Gasteiger partial charge in [-0.25, -0.2) is 0 Å². The van der Waals surface area contributed by atoms with Crippen molar-refractivity contribution < 1.29 is 17.2 Å². The van der Waals surface area contributed by atoms with Crippen molar-refractivity contribution in [2.24, 2.45) is 0 Å². The van der Waals surface area contributed by atoms with Gasteiger partial charge in [0.2, 0.25) is 0 Å². The molecule has 0 saturated carbocycles. The van der Waals surface area contributed by atoms with Gasteiger partial charge in [0.25, 0.3) is 5.91 Å². The largest absolute Gasteiger partial charge is 1.00 e. The number of carbonyl (C=O) groups is 1. The fraction of sp³-hybridized carbons (Fsp3) is 0.350. The number of benzene rings is 2. The van der Waals surface area contributed by atoms with Gasteiger partial charge in [-0.1, -0.05) is 29.8 Å². The van der Waals surface area contributed by atoms with Gasteiger partial charge in [0.1, 0.15) is 0 Å². The number of nitrogens with zero attached hydrogens (tertiary/aromatic N) is 2. The number of rotatable bonds is 3. The summed E-state index contributed by atoms with van der Waals surface area (Å²) in [5, 5.41) is 0.774. The van der Waals surface area contributed by atoms with E-state index in [4.69, 9.17) is 11.6 Å². The van der Waals surface area contributed by atoms with Crippen LogP contribution in [0.25, 0.3) is 0 Å². The zero-order valence-electron chi connectivity index (χ0n) is 14.6. The van der Waals surface area contributed by atoms with Crippen molar-refractivity contribution >= 4 is 17.5 Å². The highest BCUT2D eigenvalue weighted by Gasteiger charge is 2.22. The number of hydrogen-bond acceptors (Lipinski definition) is 2. The SMILES string of the molecule is Cc1ccc(C(=O)N2CCN(Cc3cccc(Cl)c3)CC2)cc1C.[Cl-]. The molecule has 0 unspecified atom stereocenters. The van der Waals surface area contributed by atoms with E-state index in [2.05, 4.69) is 24.8 Å². The van der Waals surface area contributed by atoms with Gasteiger partial charge in [-0.3, -0.25) is 9.69 Å². The highest BCUT2D eigenvalue weighted by Crippen LogP contribution is 2.16. The summed E-state index contributed by atoms with van der Waals surface area (Å²) in [7, 11) is 0. The lowest BCUT2D eigenvalue weighted by atomic mass is 10.1. The van der Waals surface area contributed by atoms with Crippen molar-refractivity contribution in [1.82, 2.24) is 9.80 Å². The maximum Gasteiger partial charge on any atom is 0.253 e. The summed E-state index contributed by atoms with van der Waals surface area (Å²) in [6.07, 6.45) is 0. The molecule has 0 N–H and O–H groups in total. The number of halogens is 2. The summed E-state index contributed by atoms with van der Waals surface area (Å²) in [5.41, 5.74) is 4.40. The second-order valence-electron chi connectivity index (χ2n) is 6.50. The molecule has 2 aromatic carbocycles. The Morgan fingerprint density at radius 1 is 1.00 bits per heavy atom. The quantitative estimate of drug-likeness (QED) is 0.793. The summed E-state index contributed by atoms with van der Waals surface area (Å²) in [6.45, 7) is 8.32. The van der Waals surface area contributed by atoms with Crippen molar-refractivity contribution in [3.05, 3.63) is 69.7 Å². The molecule has 0 radical (unpaired) electrons. The van der Waals surface area contributed by atoms with Crippen LogP contribution in [0.5, 0.6) is 0 Å². The first-order valence-corrected chi connectivity index (χ1v) is 8.74. The zero-order chi connectivity index (χ0) is 17.1. The van der Waals surface area contributed by atoms with E-state index >= 15 is 0 Å². The Kier molecular flexibility index (Phi) is 6.88. The number of piperazine rings is 1. The van der Waals surface area contributed by atoms with Gasteiger partial charge >= 0.3 is 0 Å². The van der Waals surface area contributed by atoms with Crippen molar-refractivity contribution in [1.29, 1.82) is 0 Å². The first-order chi connectivity index (χ1) is 11.5. The minimum atomic E-state index is 0. The molecule has 3 rings (SSSR count). The molecule has 5 heteroatoms. The summed E-state index contributed by atoms with van der Waals surface area (Å²) in [6, 6.07) is 13.9. The fourth-order valence-corrected chi connectivity index (χ4v) is 3.27. The van der Waals surface area contributed by atoms with E-state index in [0.29, 0.717) is 0 Å². The number of amides is 1. The van der Waals surface area contributed by atoms with Crippen molar-refractivity contribution in [2.45, 2.75) is 20.4 Å². The molecule has 1 amide bonds. The molecule has 1 heterocycles. The van der Waals surface area contributed by atoms with Gasteiger partial charge in [-0.05, 0) is 54.8 Å². The van der Waals surface area contributed by atoms with E-state index in [0.717, 1.165) is 43.3 Å². The Hall–Kier alpha value is -1.55. The number of carbonyl (C=O) groups excluding carboxylic acids is 1. The van der Waals surface area contributed by atoms with Crippen LogP contribution < -0.4 is 12.4 Å². The van der Waals surface area contributed by atoms with E-state index in [1.807, 2.05) is 41.3 Å². The molecule has 0 aromatic heterocycles. The average molecular weight is 378 g/mol. The van der Waals surface area contributed by atoms with Gasteiger partial charge in [0, 0.05) is 43.3 Å². The van der Waals surface area contributed by atoms with Gasteiger partial charge in [0.05, 0.1) is 0 Å². The van der Waals surface area contributed by atoms with Crippen molar-refractivity contribution in [3.63, 3.8) is 0 Å². The Morgan fingerprint density at radius 2 is 1.72 bits per heavy atom. The normalized spacial score (nSPS) is 14.9. The summed E-state index contributed by atoms with van der Waals surface area (Å²) in [5.74, 6) is 0.139. The Labute approximate surface area is 161 Å². The maximum absolute atomic E-state index is 12.7. The standard InChI is InChI=1S/C20H23ClN2O.ClH/c1-15-6-7-18(12-16(15)2)20(24)23-10-8-22(9-11-23)14-17-4-3-5-19(21)13-17;/h3-7,12-13H,8-11,14H2,1-2H3;1H/p-1. The van der Waals surface area contributed by atoms with Gasteiger partial charge in [-0.15, -0.1) is 0 Å². The van der Waals surface area contributed by atoms with Crippen molar-refractivity contribution in [3.8, 4) is 0 Å². The van der Waals surface area contributed by atoms with Crippen LogP contribution in [0.3, 0.4) is 0 Å². The van der Waals surface area contributed by atoms with Crippen LogP contribution in [0, 0.1) is 13.8 Å². The molecular formula is C20H23Cl2N2O-. The lowest BCUT2D eigenvalue weighted by molar-refractivity contribution is -0.0000158. The highest BCUT2D eigenvalue weighted by atomic mass is 35.5. The van der Waals surface area contributed by atoms with Crippen LogP contribution in [0.15, 0.2) is 42.5 Å². The van der Waals surface area contributed by atoms with Gasteiger partial charge < -0.3 is 17.3 Å². The highest BCUT2D eigenvalue weighted by molar-refractivity contribution is 6.30. The Balaban J connectivity index is 0.00000225. The monoisotopic (exact) mass is 377 g/mol. The molecule has 1 saturated heterocycles. The minimum absolute atomic E-state index is 0. The van der Waals surface area contributed by atoms with Gasteiger partial charge in [0.15, 0.2) is 0 Å². The predicted octanol–water partition coefficient (Wildman–Crippen LogP) is 0.919. The predicted molar refractivity (Wildman–Crippen MR) is 98.5 cm³/mol. The third kappa shape index (κ3) is 4.97. The molecule has 134 valence electrons. The summed E-state index contributed by atoms with van der Waals surface area (Å²) in [4.78, 5) is 17.0. The third-order valence-electron chi connectivity index (χ3n) is 4.71. The van der Waals surface area contributed by atoms with Crippen LogP contribution >= 0.6 is 11.6 Å². The zero-order valence-corrected chi connectivity index (χ0v) is 16.1. The second-order valence-corrected chi connectivity index (χ2v) is 6.93. The molecule has 2 aromatic rings. The molecule has 0 bridgehead atoms. The van der Waals surface area contributed by atoms with Gasteiger partial charge in [-0.2, -0.15) is 0 Å². The average Bonchev–Trinajstić information content (AvgIpc) is 2.57. The molecule has 0 aliphatic carbocycles. The summed E-state index contributed by atoms with van der Waals surface area (Å²) < 4.78 is 0. The Morgan fingerprint density at radius 3 is 2.36 bits per heavy atom. The third-order valence-corrected chi connectivity index (χ3v) is 4.94. The molecule has 1 fully saturated rings. The Bertz CT molecular complexity index is 740. The van der Waals surface area contributed by atoms with E-state index < -0.39 is 0 Å². The molecule has 0 spiro atoms. The first-order valence-electron chi connectivity index (χ1n) is 8.36. The van der Waals surface area contributed by atoms with E-state index in [9.17, 15) is 4.79 Å². The number of hydrogen-bond donors (Lipinski definition) is 0. The molecular weight excluding hydrogens is 355 g/mol. The molecule has 25 heavy (non-hydrogen) atoms. The lowest BCUT2D eigenvalue weighted by Gasteiger charge is -2.35. The molecule has 0 atom stereocenters. The smallest absolute Gasteiger partial charge is 0.253 e. The van der Waals surface area contributed by atoms with E-state index in [1.54, 1.807) is 0 Å². The van der Waals surface area contributed by atoms with Crippen molar-refractivity contribution in [2.75, 3.05) is 26.2 Å². The van der Waals surface area contributed by atoms with Crippen LogP contribution in [-0.2, 0) is 6.54 Å². The van der Waals surface area contributed by atoms with Crippen LogP contribution in [0.2, 0.25) is 5.02 Å². The fourth-order valence-electron chi connectivity index (χ4n) is 3.06. The van der Waals surface area contributed by atoms with E-state index in [-0.39, 0.29) is 18.3 Å². The number of aryl methyl sites for hydroxylation is 2. The maximum atomic E-state index is 12.7. The van der Waals surface area contributed by atoms with Crippen LogP contribution in [0.1, 0.15) is 27.0 Å². The molecule has 3 nitrogen and oxygen atoms in total. The summed E-state index contributed by atoms with van der Waals surface area (Å²) >= 11 is 6.05. The van der Waals surface area contributed by atoms with Crippen LogP contribution in [0.4, 0.5) is 0 Å². The topological polar surface area (TPSA) is 23.6 Å². The minimum Gasteiger partial charge on any atom is -1.00 e. The molecule has 1 aliphatic rings. The second kappa shape index (κ2) is 8.70. The van der Waals surface area contributed by atoms with Crippen LogP contribution in [-0.4, -0.2) is 41.9 Å². The first kappa shape index (κ1) is 19.8. The lowest BCUT2D eigenvalue weighted by Crippen LogP contribution is -3.00. The van der Waals surface area contributed by atoms with E-state index in [1.165, 1.54) is 16.7 Å². The molecule has 1 aliphatic heterocycles.